The van der Waals surface area contributed by atoms with Crippen LogP contribution in [0.15, 0.2) is 72.9 Å². The topological polar surface area (TPSA) is 30.0 Å². The van der Waals surface area contributed by atoms with Crippen LogP contribution in [0, 0.1) is 12.7 Å². The molecule has 0 aliphatic rings. The third kappa shape index (κ3) is 3.45. The fraction of sp³-hybridized carbons (Fsp3) is 0.0833. The molecule has 0 aliphatic heterocycles. The zero-order valence-corrected chi connectivity index (χ0v) is 15.8. The molecule has 0 fully saturated rings. The van der Waals surface area contributed by atoms with Crippen molar-refractivity contribution >= 4 is 16.7 Å². The number of carbonyl (C=O) groups excluding carboxylic acids is 1. The fourth-order valence-electron chi connectivity index (χ4n) is 3.43. The molecule has 0 saturated heterocycles. The van der Waals surface area contributed by atoms with E-state index in [1.165, 1.54) is 24.3 Å². The van der Waals surface area contributed by atoms with Crippen LogP contribution < -0.4 is 0 Å². The largest absolute Gasteiger partial charge is 0.418 e. The Morgan fingerprint density at radius 1 is 0.933 bits per heavy atom. The molecule has 0 atom stereocenters. The Morgan fingerprint density at radius 3 is 2.33 bits per heavy atom. The molecule has 3 aromatic carbocycles. The second kappa shape index (κ2) is 7.37. The number of carbonyl (C=O) groups is 1. The third-order valence-electron chi connectivity index (χ3n) is 4.94. The Balaban J connectivity index is 2.03. The zero-order valence-electron chi connectivity index (χ0n) is 15.8. The summed E-state index contributed by atoms with van der Waals surface area (Å²) < 4.78 is 54.6. The molecule has 0 bridgehead atoms. The molecule has 2 nitrogen and oxygen atoms in total. The Morgan fingerprint density at radius 2 is 1.67 bits per heavy atom. The summed E-state index contributed by atoms with van der Waals surface area (Å²) in [5.41, 5.74) is 0.381. The highest BCUT2D eigenvalue weighted by Crippen LogP contribution is 2.38. The first-order chi connectivity index (χ1) is 14.3. The first kappa shape index (κ1) is 19.8. The minimum absolute atomic E-state index is 0.100. The SMILES string of the molecule is Cc1ccc(C(=O)c2cnc3c(C(F)(F)F)cccc3c2-c2ccccc2)cc1F. The van der Waals surface area contributed by atoms with Crippen LogP contribution in [-0.2, 0) is 6.18 Å². The molecule has 4 rings (SSSR count). The van der Waals surface area contributed by atoms with Gasteiger partial charge >= 0.3 is 6.18 Å². The number of aryl methyl sites for hydroxylation is 1. The van der Waals surface area contributed by atoms with Gasteiger partial charge in [-0.05, 0) is 30.2 Å². The van der Waals surface area contributed by atoms with Crippen molar-refractivity contribution in [2.45, 2.75) is 13.1 Å². The van der Waals surface area contributed by atoms with Gasteiger partial charge in [0.2, 0.25) is 0 Å². The van der Waals surface area contributed by atoms with Crippen molar-refractivity contribution < 1.29 is 22.4 Å². The average Bonchev–Trinajstić information content (AvgIpc) is 2.73. The maximum atomic E-state index is 14.0. The Kier molecular flexibility index (Phi) is 4.86. The van der Waals surface area contributed by atoms with Gasteiger partial charge < -0.3 is 0 Å². The molecular formula is C24H15F4NO. The minimum Gasteiger partial charge on any atom is -0.289 e. The Hall–Kier alpha value is -3.54. The van der Waals surface area contributed by atoms with Gasteiger partial charge in [-0.25, -0.2) is 4.39 Å². The highest BCUT2D eigenvalue weighted by atomic mass is 19.4. The second-order valence-electron chi connectivity index (χ2n) is 6.91. The summed E-state index contributed by atoms with van der Waals surface area (Å²) in [7, 11) is 0. The number of ketones is 1. The van der Waals surface area contributed by atoms with Gasteiger partial charge in [-0.2, -0.15) is 13.2 Å². The molecule has 0 N–H and O–H groups in total. The third-order valence-corrected chi connectivity index (χ3v) is 4.94. The van der Waals surface area contributed by atoms with Crippen molar-refractivity contribution in [2.24, 2.45) is 0 Å². The zero-order chi connectivity index (χ0) is 21.5. The van der Waals surface area contributed by atoms with E-state index in [2.05, 4.69) is 4.98 Å². The van der Waals surface area contributed by atoms with Crippen molar-refractivity contribution in [1.82, 2.24) is 4.98 Å². The number of alkyl halides is 3. The number of hydrogen-bond donors (Lipinski definition) is 0. The molecule has 0 spiro atoms. The highest BCUT2D eigenvalue weighted by Gasteiger charge is 2.34. The fourth-order valence-corrected chi connectivity index (χ4v) is 3.43. The van der Waals surface area contributed by atoms with Crippen LogP contribution in [-0.4, -0.2) is 10.8 Å². The Bertz CT molecular complexity index is 1260. The van der Waals surface area contributed by atoms with Crippen molar-refractivity contribution in [3.05, 3.63) is 101 Å². The summed E-state index contributed by atoms with van der Waals surface area (Å²) in [6, 6.07) is 16.5. The number of aromatic nitrogens is 1. The smallest absolute Gasteiger partial charge is 0.289 e. The summed E-state index contributed by atoms with van der Waals surface area (Å²) >= 11 is 0. The Labute approximate surface area is 169 Å². The number of para-hydroxylation sites is 1. The highest BCUT2D eigenvalue weighted by molar-refractivity contribution is 6.16. The molecule has 30 heavy (non-hydrogen) atoms. The van der Waals surface area contributed by atoms with Gasteiger partial charge in [0.15, 0.2) is 5.78 Å². The molecule has 0 aliphatic carbocycles. The first-order valence-electron chi connectivity index (χ1n) is 9.12. The van der Waals surface area contributed by atoms with Crippen LogP contribution in [0.5, 0.6) is 0 Å². The predicted octanol–water partition coefficient (Wildman–Crippen LogP) is 6.60. The number of hydrogen-bond acceptors (Lipinski definition) is 2. The van der Waals surface area contributed by atoms with Gasteiger partial charge in [0, 0.05) is 28.3 Å². The summed E-state index contributed by atoms with van der Waals surface area (Å²) in [5.74, 6) is -1.05. The number of halogens is 4. The number of nitrogens with zero attached hydrogens (tertiary/aromatic N) is 1. The van der Waals surface area contributed by atoms with E-state index in [1.807, 2.05) is 0 Å². The number of benzene rings is 3. The van der Waals surface area contributed by atoms with E-state index in [0.717, 1.165) is 18.3 Å². The molecule has 0 saturated carbocycles. The number of fused-ring (bicyclic) bond motifs is 1. The van der Waals surface area contributed by atoms with Crippen molar-refractivity contribution in [3.8, 4) is 11.1 Å². The summed E-state index contributed by atoms with van der Waals surface area (Å²) in [5, 5.41) is 0.203. The van der Waals surface area contributed by atoms with E-state index in [0.29, 0.717) is 16.7 Å². The molecule has 1 aromatic heterocycles. The van der Waals surface area contributed by atoms with E-state index >= 15 is 0 Å². The summed E-state index contributed by atoms with van der Waals surface area (Å²) in [6.45, 7) is 1.58. The van der Waals surface area contributed by atoms with Crippen LogP contribution in [0.1, 0.15) is 27.0 Å². The molecule has 4 aromatic rings. The van der Waals surface area contributed by atoms with Gasteiger partial charge in [-0.1, -0.05) is 54.6 Å². The lowest BCUT2D eigenvalue weighted by Gasteiger charge is -2.16. The second-order valence-corrected chi connectivity index (χ2v) is 6.91. The van der Waals surface area contributed by atoms with Crippen LogP contribution in [0.3, 0.4) is 0 Å². The van der Waals surface area contributed by atoms with Gasteiger partial charge in [0.05, 0.1) is 11.1 Å². The molecule has 150 valence electrons. The van der Waals surface area contributed by atoms with E-state index in [4.69, 9.17) is 0 Å². The lowest BCUT2D eigenvalue weighted by Crippen LogP contribution is -2.10. The monoisotopic (exact) mass is 409 g/mol. The van der Waals surface area contributed by atoms with E-state index < -0.39 is 23.3 Å². The lowest BCUT2D eigenvalue weighted by molar-refractivity contribution is -0.136. The van der Waals surface area contributed by atoms with E-state index in [9.17, 15) is 22.4 Å². The van der Waals surface area contributed by atoms with Gasteiger partial charge in [0.25, 0.3) is 0 Å². The van der Waals surface area contributed by atoms with Gasteiger partial charge in [-0.15, -0.1) is 0 Å². The van der Waals surface area contributed by atoms with Gasteiger partial charge in [-0.3, -0.25) is 9.78 Å². The predicted molar refractivity (Wildman–Crippen MR) is 107 cm³/mol. The maximum absolute atomic E-state index is 14.0. The molecule has 0 radical (unpaired) electrons. The lowest BCUT2D eigenvalue weighted by atomic mass is 9.91. The number of pyridine rings is 1. The maximum Gasteiger partial charge on any atom is 0.418 e. The molecule has 0 amide bonds. The summed E-state index contributed by atoms with van der Waals surface area (Å²) in [4.78, 5) is 17.2. The normalized spacial score (nSPS) is 11.6. The average molecular weight is 409 g/mol. The summed E-state index contributed by atoms with van der Waals surface area (Å²) in [6.07, 6.45) is -3.45. The van der Waals surface area contributed by atoms with Gasteiger partial charge in [0.1, 0.15) is 5.82 Å². The first-order valence-corrected chi connectivity index (χ1v) is 9.12. The number of rotatable bonds is 3. The van der Waals surface area contributed by atoms with Crippen molar-refractivity contribution in [2.75, 3.05) is 0 Å². The van der Waals surface area contributed by atoms with Crippen LogP contribution >= 0.6 is 0 Å². The van der Waals surface area contributed by atoms with Crippen molar-refractivity contribution in [3.63, 3.8) is 0 Å². The quantitative estimate of drug-likeness (QED) is 0.282. The standard InChI is InChI=1S/C24H15F4NO/c1-14-10-11-16(12-20(14)25)23(30)18-13-29-22-17(8-5-9-19(22)24(26,27)28)21(18)15-6-3-2-4-7-15/h2-13H,1H3. The molecule has 0 unspecified atom stereocenters. The van der Waals surface area contributed by atoms with Crippen LogP contribution in [0.2, 0.25) is 0 Å². The van der Waals surface area contributed by atoms with E-state index in [1.54, 1.807) is 37.3 Å². The van der Waals surface area contributed by atoms with Crippen molar-refractivity contribution in [1.29, 1.82) is 0 Å². The van der Waals surface area contributed by atoms with Crippen LogP contribution in [0.25, 0.3) is 22.0 Å². The molecular weight excluding hydrogens is 394 g/mol. The molecule has 1 heterocycles. The molecule has 6 heteroatoms. The van der Waals surface area contributed by atoms with Crippen LogP contribution in [0.4, 0.5) is 17.6 Å². The van der Waals surface area contributed by atoms with E-state index in [-0.39, 0.29) is 22.0 Å². The minimum atomic E-state index is -4.59.